The molecule has 0 bridgehead atoms. The molecular formula is C25H29N5O3. The molecule has 3 heterocycles. The van der Waals surface area contributed by atoms with Gasteiger partial charge in [0, 0.05) is 61.0 Å². The van der Waals surface area contributed by atoms with Gasteiger partial charge in [-0.3, -0.25) is 14.4 Å². The Balaban J connectivity index is 1.61. The van der Waals surface area contributed by atoms with Crippen LogP contribution in [0.3, 0.4) is 0 Å². The highest BCUT2D eigenvalue weighted by molar-refractivity contribution is 6.18. The lowest BCUT2D eigenvalue weighted by Gasteiger charge is -2.32. The van der Waals surface area contributed by atoms with Crippen LogP contribution in [0, 0.1) is 0 Å². The van der Waals surface area contributed by atoms with Crippen molar-refractivity contribution >= 4 is 45.2 Å². The highest BCUT2D eigenvalue weighted by Gasteiger charge is 2.25. The average Bonchev–Trinajstić information content (AvgIpc) is 3.19. The molecule has 3 aromatic rings. The van der Waals surface area contributed by atoms with Crippen LogP contribution in [-0.4, -0.2) is 72.3 Å². The van der Waals surface area contributed by atoms with Crippen molar-refractivity contribution < 1.29 is 14.4 Å². The molecule has 2 fully saturated rings. The van der Waals surface area contributed by atoms with Gasteiger partial charge >= 0.3 is 0 Å². The van der Waals surface area contributed by atoms with E-state index in [1.54, 1.807) is 0 Å². The van der Waals surface area contributed by atoms with Crippen molar-refractivity contribution in [1.82, 2.24) is 14.8 Å². The largest absolute Gasteiger partial charge is 0.369 e. The molecule has 33 heavy (non-hydrogen) atoms. The third-order valence-corrected chi connectivity index (χ3v) is 6.83. The number of amides is 3. The van der Waals surface area contributed by atoms with Crippen LogP contribution in [0.15, 0.2) is 30.3 Å². The maximum Gasteiger partial charge on any atom is 0.254 e. The van der Waals surface area contributed by atoms with E-state index >= 15 is 0 Å². The number of anilines is 1. The van der Waals surface area contributed by atoms with Gasteiger partial charge in [0.05, 0.1) is 17.6 Å². The standard InChI is InChI=1S/C25H29N5O3/c1-28-10-12-29(13-11-28)25(33)17-5-7-18-19(14-17)27-24-16(15-21(26)31)6-8-20(23(18)24)30-9-3-2-4-22(30)32/h5-8,14,27H,2-4,9-13,15H2,1H3,(H2,26,31). The van der Waals surface area contributed by atoms with E-state index in [4.69, 9.17) is 5.73 Å². The number of carbonyl (C=O) groups is 3. The number of piperidine rings is 1. The van der Waals surface area contributed by atoms with Crippen LogP contribution in [0.5, 0.6) is 0 Å². The molecular weight excluding hydrogens is 418 g/mol. The minimum Gasteiger partial charge on any atom is -0.369 e. The number of aromatic nitrogens is 1. The van der Waals surface area contributed by atoms with Crippen LogP contribution >= 0.6 is 0 Å². The maximum absolute atomic E-state index is 13.1. The number of aromatic amines is 1. The molecule has 0 atom stereocenters. The van der Waals surface area contributed by atoms with Gasteiger partial charge < -0.3 is 25.4 Å². The summed E-state index contributed by atoms with van der Waals surface area (Å²) in [5.74, 6) is -0.281. The highest BCUT2D eigenvalue weighted by Crippen LogP contribution is 2.37. The number of primary amides is 1. The van der Waals surface area contributed by atoms with E-state index < -0.39 is 5.91 Å². The summed E-state index contributed by atoms with van der Waals surface area (Å²) in [6.45, 7) is 3.83. The van der Waals surface area contributed by atoms with E-state index in [1.807, 2.05) is 40.1 Å². The number of piperazine rings is 1. The quantitative estimate of drug-likeness (QED) is 0.640. The molecule has 8 nitrogen and oxygen atoms in total. The minimum absolute atomic E-state index is 0.0208. The van der Waals surface area contributed by atoms with Gasteiger partial charge in [-0.2, -0.15) is 0 Å². The monoisotopic (exact) mass is 447 g/mol. The Bertz CT molecular complexity index is 1260. The first-order chi connectivity index (χ1) is 15.9. The Morgan fingerprint density at radius 2 is 1.82 bits per heavy atom. The van der Waals surface area contributed by atoms with Crippen molar-refractivity contribution in [3.8, 4) is 0 Å². The number of fused-ring (bicyclic) bond motifs is 3. The Kier molecular flexibility index (Phi) is 5.54. The van der Waals surface area contributed by atoms with Crippen molar-refractivity contribution in [2.45, 2.75) is 25.7 Å². The minimum atomic E-state index is -0.414. The molecule has 0 spiro atoms. The zero-order valence-electron chi connectivity index (χ0n) is 18.9. The van der Waals surface area contributed by atoms with Crippen LogP contribution in [-0.2, 0) is 16.0 Å². The number of benzene rings is 2. The number of nitrogens with one attached hydrogen (secondary N) is 1. The zero-order chi connectivity index (χ0) is 23.1. The molecule has 5 rings (SSSR count). The zero-order valence-corrected chi connectivity index (χ0v) is 18.9. The molecule has 0 saturated carbocycles. The van der Waals surface area contributed by atoms with Crippen molar-refractivity contribution in [2.75, 3.05) is 44.7 Å². The number of carbonyl (C=O) groups excluding carboxylic acids is 3. The smallest absolute Gasteiger partial charge is 0.254 e. The average molecular weight is 448 g/mol. The Morgan fingerprint density at radius 3 is 2.55 bits per heavy atom. The number of likely N-dealkylation sites (N-methyl/N-ethyl adjacent to an activating group) is 1. The lowest BCUT2D eigenvalue weighted by Crippen LogP contribution is -2.47. The molecule has 0 aliphatic carbocycles. The third-order valence-electron chi connectivity index (χ3n) is 6.83. The van der Waals surface area contributed by atoms with E-state index in [0.717, 1.165) is 59.0 Å². The first-order valence-corrected chi connectivity index (χ1v) is 11.6. The lowest BCUT2D eigenvalue weighted by atomic mass is 10.0. The summed E-state index contributed by atoms with van der Waals surface area (Å²) in [6.07, 6.45) is 2.51. The fraction of sp³-hybridized carbons (Fsp3) is 0.400. The van der Waals surface area contributed by atoms with Gasteiger partial charge in [-0.25, -0.2) is 0 Å². The van der Waals surface area contributed by atoms with Crippen LogP contribution < -0.4 is 10.6 Å². The maximum atomic E-state index is 13.1. The van der Waals surface area contributed by atoms with E-state index in [0.29, 0.717) is 31.6 Å². The molecule has 2 aliphatic rings. The third kappa shape index (κ3) is 3.95. The van der Waals surface area contributed by atoms with Gasteiger partial charge in [-0.1, -0.05) is 12.1 Å². The second-order valence-electron chi connectivity index (χ2n) is 9.12. The normalized spacial score (nSPS) is 17.8. The van der Waals surface area contributed by atoms with E-state index in [1.165, 1.54) is 0 Å². The van der Waals surface area contributed by atoms with Crippen molar-refractivity contribution in [2.24, 2.45) is 5.73 Å². The number of nitrogens with two attached hydrogens (primary N) is 1. The highest BCUT2D eigenvalue weighted by atomic mass is 16.2. The van der Waals surface area contributed by atoms with E-state index in [-0.39, 0.29) is 18.2 Å². The molecule has 8 heteroatoms. The summed E-state index contributed by atoms with van der Waals surface area (Å²) >= 11 is 0. The molecule has 1 aromatic heterocycles. The predicted octanol–water partition coefficient (Wildman–Crippen LogP) is 2.25. The van der Waals surface area contributed by atoms with Crippen molar-refractivity contribution in [3.05, 3.63) is 41.5 Å². The number of nitrogens with zero attached hydrogens (tertiary/aromatic N) is 3. The molecule has 2 saturated heterocycles. The van der Waals surface area contributed by atoms with Gasteiger partial charge in [0.2, 0.25) is 11.8 Å². The summed E-state index contributed by atoms with van der Waals surface area (Å²) in [5, 5.41) is 1.83. The number of H-pyrrole nitrogens is 1. The summed E-state index contributed by atoms with van der Waals surface area (Å²) in [5.41, 5.74) is 9.36. The number of hydrogen-bond donors (Lipinski definition) is 2. The summed E-state index contributed by atoms with van der Waals surface area (Å²) in [4.78, 5) is 46.9. The van der Waals surface area contributed by atoms with Gasteiger partial charge in [0.1, 0.15) is 0 Å². The van der Waals surface area contributed by atoms with Crippen molar-refractivity contribution in [1.29, 1.82) is 0 Å². The van der Waals surface area contributed by atoms with Gasteiger partial charge in [0.15, 0.2) is 0 Å². The molecule has 2 aromatic carbocycles. The summed E-state index contributed by atoms with van der Waals surface area (Å²) < 4.78 is 0. The lowest BCUT2D eigenvalue weighted by molar-refractivity contribution is -0.119. The first-order valence-electron chi connectivity index (χ1n) is 11.6. The Hall–Kier alpha value is -3.39. The summed E-state index contributed by atoms with van der Waals surface area (Å²) in [7, 11) is 2.06. The Labute approximate surface area is 192 Å². The summed E-state index contributed by atoms with van der Waals surface area (Å²) in [6, 6.07) is 9.48. The van der Waals surface area contributed by atoms with Crippen LogP contribution in [0.25, 0.3) is 21.8 Å². The molecule has 3 N–H and O–H groups in total. The molecule has 2 aliphatic heterocycles. The number of rotatable bonds is 4. The molecule has 3 amide bonds. The van der Waals surface area contributed by atoms with E-state index in [9.17, 15) is 14.4 Å². The topological polar surface area (TPSA) is 103 Å². The van der Waals surface area contributed by atoms with Gasteiger partial charge in [0.25, 0.3) is 5.91 Å². The second-order valence-corrected chi connectivity index (χ2v) is 9.12. The van der Waals surface area contributed by atoms with Crippen LogP contribution in [0.2, 0.25) is 0 Å². The predicted molar refractivity (Wildman–Crippen MR) is 128 cm³/mol. The van der Waals surface area contributed by atoms with Gasteiger partial charge in [-0.15, -0.1) is 0 Å². The van der Waals surface area contributed by atoms with Crippen molar-refractivity contribution in [3.63, 3.8) is 0 Å². The first kappa shape index (κ1) is 21.5. The van der Waals surface area contributed by atoms with Gasteiger partial charge in [-0.05, 0) is 43.7 Å². The molecule has 0 unspecified atom stereocenters. The fourth-order valence-corrected chi connectivity index (χ4v) is 5.00. The fourth-order valence-electron chi connectivity index (χ4n) is 5.00. The van der Waals surface area contributed by atoms with Crippen LogP contribution in [0.4, 0.5) is 5.69 Å². The SMILES string of the molecule is CN1CCN(C(=O)c2ccc3c(c2)[nH]c2c(CC(N)=O)ccc(N4CCCCC4=O)c23)CC1. The second kappa shape index (κ2) is 8.51. The molecule has 172 valence electrons. The Morgan fingerprint density at radius 1 is 1.03 bits per heavy atom. The van der Waals surface area contributed by atoms with E-state index in [2.05, 4.69) is 16.9 Å². The number of hydrogen-bond acceptors (Lipinski definition) is 4. The van der Waals surface area contributed by atoms with Crippen LogP contribution in [0.1, 0.15) is 35.2 Å². The molecule has 0 radical (unpaired) electrons.